The smallest absolute Gasteiger partial charge is 0.341 e. The van der Waals surface area contributed by atoms with Gasteiger partial charge in [-0.2, -0.15) is 15.3 Å². The molecule has 7 aromatic rings. The van der Waals surface area contributed by atoms with Gasteiger partial charge in [-0.05, 0) is 132 Å². The molecule has 0 spiro atoms. The number of aromatic carboxylic acids is 1. The number of nitrogens with zero attached hydrogens (tertiary/aromatic N) is 7. The maximum absolute atomic E-state index is 12.5. The van der Waals surface area contributed by atoms with Crippen LogP contribution in [0.25, 0.3) is 0 Å². The first kappa shape index (κ1) is 61.6. The molecule has 0 aliphatic carbocycles. The molecule has 0 aliphatic heterocycles. The van der Waals surface area contributed by atoms with Crippen LogP contribution in [0.3, 0.4) is 0 Å². The lowest BCUT2D eigenvalue weighted by atomic mass is 10.1. The summed E-state index contributed by atoms with van der Waals surface area (Å²) in [5.41, 5.74) is 19.3. The Bertz CT molecular complexity index is 3040. The van der Waals surface area contributed by atoms with E-state index in [0.717, 1.165) is 33.5 Å². The zero-order valence-corrected chi connectivity index (χ0v) is 45.9. The number of aromatic nitrogens is 7. The van der Waals surface area contributed by atoms with E-state index in [2.05, 4.69) is 36.2 Å². The third kappa shape index (κ3) is 20.6. The first-order valence-corrected chi connectivity index (χ1v) is 25.3. The van der Waals surface area contributed by atoms with Gasteiger partial charge in [0, 0.05) is 54.0 Å². The van der Waals surface area contributed by atoms with Gasteiger partial charge in [0.25, 0.3) is 17.7 Å². The van der Waals surface area contributed by atoms with Crippen LogP contribution in [-0.4, -0.2) is 106 Å². The minimum Gasteiger partial charge on any atom is -0.478 e. The lowest BCUT2D eigenvalue weighted by Crippen LogP contribution is -2.30. The lowest BCUT2D eigenvalue weighted by Gasteiger charge is -2.11. The molecular formula is C57H72N12O9. The number of aryl methyl sites for hydroxylation is 2. The highest BCUT2D eigenvalue weighted by atomic mass is 16.5. The van der Waals surface area contributed by atoms with Crippen LogP contribution < -0.4 is 27.4 Å². The van der Waals surface area contributed by atoms with Gasteiger partial charge in [0.1, 0.15) is 5.82 Å². The SMILES string of the molecule is CC(C)N.CCOC(=O)c1cnn(Cc2ccc(C(=O)NC(C)C)cc2)c1.CCOC(=O)c1cnn(Cc2ccc(C(=O)O)cc2)c1.Cc1cc(N)nc(C)c1CNC(=O)c1cnn(Cc2ccc(C(=O)NC(C)C)cc2)c1. The van der Waals surface area contributed by atoms with E-state index in [4.69, 9.17) is 26.0 Å². The van der Waals surface area contributed by atoms with Gasteiger partial charge in [-0.1, -0.05) is 50.2 Å². The molecule has 0 radical (unpaired) electrons. The van der Waals surface area contributed by atoms with Crippen molar-refractivity contribution in [3.8, 4) is 0 Å². The van der Waals surface area contributed by atoms with Gasteiger partial charge in [0.2, 0.25) is 0 Å². The van der Waals surface area contributed by atoms with Crippen molar-refractivity contribution in [1.82, 2.24) is 50.3 Å². The number of carboxylic acids is 1. The van der Waals surface area contributed by atoms with Crippen LogP contribution in [-0.2, 0) is 35.7 Å². The number of carboxylic acid groups (broad SMARTS) is 1. The number of hydrogen-bond acceptors (Lipinski definition) is 14. The van der Waals surface area contributed by atoms with Gasteiger partial charge in [-0.3, -0.25) is 28.4 Å². The van der Waals surface area contributed by atoms with Crippen molar-refractivity contribution in [1.29, 1.82) is 0 Å². The number of anilines is 1. The van der Waals surface area contributed by atoms with Gasteiger partial charge in [0.15, 0.2) is 0 Å². The maximum atomic E-state index is 12.5. The third-order valence-electron chi connectivity index (χ3n) is 10.7. The minimum absolute atomic E-state index is 0.0877. The van der Waals surface area contributed by atoms with Gasteiger partial charge >= 0.3 is 17.9 Å². The number of carbonyl (C=O) groups excluding carboxylic acids is 5. The summed E-state index contributed by atoms with van der Waals surface area (Å²) in [4.78, 5) is 74.5. The molecule has 8 N–H and O–H groups in total. The third-order valence-corrected chi connectivity index (χ3v) is 10.7. The average molecular weight is 1070 g/mol. The molecule has 0 saturated heterocycles. The molecule has 0 saturated carbocycles. The molecule has 78 heavy (non-hydrogen) atoms. The summed E-state index contributed by atoms with van der Waals surface area (Å²) in [6, 6.07) is 23.5. The van der Waals surface area contributed by atoms with Crippen molar-refractivity contribution >= 4 is 41.4 Å². The topological polar surface area (TPSA) is 296 Å². The summed E-state index contributed by atoms with van der Waals surface area (Å²) in [7, 11) is 0. The van der Waals surface area contributed by atoms with Gasteiger partial charge < -0.3 is 42.0 Å². The second kappa shape index (κ2) is 30.5. The molecule has 21 heteroatoms. The lowest BCUT2D eigenvalue weighted by molar-refractivity contribution is 0.0516. The zero-order chi connectivity index (χ0) is 57.5. The van der Waals surface area contributed by atoms with Crippen molar-refractivity contribution in [2.24, 2.45) is 5.73 Å². The van der Waals surface area contributed by atoms with E-state index in [9.17, 15) is 28.8 Å². The molecule has 4 aromatic heterocycles. The number of carbonyl (C=O) groups is 6. The number of amides is 3. The summed E-state index contributed by atoms with van der Waals surface area (Å²) in [5, 5.41) is 29.9. The van der Waals surface area contributed by atoms with E-state index in [1.54, 1.807) is 95.1 Å². The predicted molar refractivity (Wildman–Crippen MR) is 296 cm³/mol. The fourth-order valence-electron chi connectivity index (χ4n) is 7.06. The second-order valence-electron chi connectivity index (χ2n) is 18.7. The maximum Gasteiger partial charge on any atom is 0.341 e. The number of nitrogens with one attached hydrogen (secondary N) is 3. The van der Waals surface area contributed by atoms with E-state index in [0.29, 0.717) is 79.1 Å². The summed E-state index contributed by atoms with van der Waals surface area (Å²) in [5.74, 6) is -1.65. The Morgan fingerprint density at radius 1 is 0.564 bits per heavy atom. The van der Waals surface area contributed by atoms with Crippen LogP contribution in [0.1, 0.15) is 151 Å². The quantitative estimate of drug-likeness (QED) is 0.0472. The summed E-state index contributed by atoms with van der Waals surface area (Å²) in [6.45, 7) is 21.4. The Kier molecular flexibility index (Phi) is 24.1. The molecule has 0 atom stereocenters. The van der Waals surface area contributed by atoms with Crippen LogP contribution >= 0.6 is 0 Å². The molecule has 21 nitrogen and oxygen atoms in total. The highest BCUT2D eigenvalue weighted by Crippen LogP contribution is 2.16. The van der Waals surface area contributed by atoms with E-state index in [1.165, 1.54) is 24.5 Å². The molecule has 414 valence electrons. The zero-order valence-electron chi connectivity index (χ0n) is 45.9. The van der Waals surface area contributed by atoms with Crippen LogP contribution in [0.2, 0.25) is 0 Å². The molecule has 0 unspecified atom stereocenters. The van der Waals surface area contributed by atoms with Gasteiger partial charge in [-0.15, -0.1) is 0 Å². The molecule has 4 heterocycles. The average Bonchev–Trinajstić information content (AvgIpc) is 4.18. The Hall–Kier alpha value is -8.98. The number of nitrogens with two attached hydrogens (primary N) is 2. The summed E-state index contributed by atoms with van der Waals surface area (Å²) in [6.07, 6.45) is 9.43. The number of hydrogen-bond donors (Lipinski definition) is 6. The van der Waals surface area contributed by atoms with Gasteiger partial charge in [0.05, 0.1) is 73.7 Å². The first-order valence-electron chi connectivity index (χ1n) is 25.3. The van der Waals surface area contributed by atoms with Crippen LogP contribution in [0.5, 0.6) is 0 Å². The van der Waals surface area contributed by atoms with E-state index < -0.39 is 11.9 Å². The molecule has 3 amide bonds. The van der Waals surface area contributed by atoms with Crippen LogP contribution in [0, 0.1) is 13.8 Å². The van der Waals surface area contributed by atoms with Crippen LogP contribution in [0.4, 0.5) is 5.82 Å². The molecule has 7 rings (SSSR count). The van der Waals surface area contributed by atoms with E-state index >= 15 is 0 Å². The van der Waals surface area contributed by atoms with Crippen molar-refractivity contribution < 1.29 is 43.3 Å². The first-order chi connectivity index (χ1) is 37.0. The number of pyridine rings is 1. The largest absolute Gasteiger partial charge is 0.478 e. The number of nitrogen functional groups attached to an aromatic ring is 1. The van der Waals surface area contributed by atoms with E-state index in [1.807, 2.05) is 79.7 Å². The van der Waals surface area contributed by atoms with Crippen molar-refractivity contribution in [3.63, 3.8) is 0 Å². The summed E-state index contributed by atoms with van der Waals surface area (Å²) < 4.78 is 14.8. The highest BCUT2D eigenvalue weighted by molar-refractivity contribution is 5.95. The fraction of sp³-hybridized carbons (Fsp3) is 0.333. The number of rotatable bonds is 18. The Balaban J connectivity index is 0.000000250. The molecule has 0 bridgehead atoms. The standard InChI is InChI=1S/C23H28N6O2.C17H21N3O3.C14H14N2O4.C3H9N/c1-14(2)27-23(31)18-7-5-17(6-8-18)12-29-13-19(10-26-29)22(30)25-11-20-15(3)9-21(24)28-16(20)4;1-4-23-17(22)15-9-18-20(11-15)10-13-5-7-14(8-6-13)16(21)19-12(2)3;1-2-20-14(19)12-7-15-16(9-12)8-10-3-5-11(6-4-10)13(17)18;1-3(2)4/h5-10,13-14H,11-12H2,1-4H3,(H2,24,28)(H,25,30)(H,27,31);5-9,11-12H,4,10H2,1-3H3,(H,19,21);3-7,9H,2,8H2,1H3,(H,17,18);3H,4H2,1-2H3. The molecule has 3 aromatic carbocycles. The fourth-order valence-corrected chi connectivity index (χ4v) is 7.06. The second-order valence-corrected chi connectivity index (χ2v) is 18.7. The summed E-state index contributed by atoms with van der Waals surface area (Å²) >= 11 is 0. The Morgan fingerprint density at radius 3 is 1.27 bits per heavy atom. The van der Waals surface area contributed by atoms with Gasteiger partial charge in [-0.25, -0.2) is 19.4 Å². The Labute approximate surface area is 454 Å². The highest BCUT2D eigenvalue weighted by Gasteiger charge is 2.15. The normalized spacial score (nSPS) is 10.5. The Morgan fingerprint density at radius 2 is 0.923 bits per heavy atom. The van der Waals surface area contributed by atoms with Crippen molar-refractivity contribution in [2.45, 2.75) is 114 Å². The van der Waals surface area contributed by atoms with Crippen molar-refractivity contribution in [3.05, 3.63) is 183 Å². The minimum atomic E-state index is -0.958. The molecular weight excluding hydrogens is 997 g/mol. The van der Waals surface area contributed by atoms with Crippen LogP contribution in [0.15, 0.2) is 116 Å². The van der Waals surface area contributed by atoms with E-state index in [-0.39, 0.29) is 41.3 Å². The number of ether oxygens (including phenoxy) is 2. The molecule has 0 aliphatic rings. The molecule has 0 fully saturated rings. The predicted octanol–water partition coefficient (Wildman–Crippen LogP) is 7.00. The number of esters is 2. The number of benzene rings is 3. The van der Waals surface area contributed by atoms with Crippen molar-refractivity contribution in [2.75, 3.05) is 18.9 Å². The monoisotopic (exact) mass is 1070 g/mol.